The first-order valence-corrected chi connectivity index (χ1v) is 8.28. The van der Waals surface area contributed by atoms with Crippen LogP contribution in [0.4, 0.5) is 5.69 Å². The molecule has 0 bridgehead atoms. The number of nitrogens with one attached hydrogen (secondary N) is 1. The van der Waals surface area contributed by atoms with Gasteiger partial charge in [0.15, 0.2) is 0 Å². The second kappa shape index (κ2) is 6.07. The Kier molecular flexibility index (Phi) is 3.82. The number of nitro groups is 1. The van der Waals surface area contributed by atoms with Crippen molar-refractivity contribution in [2.24, 2.45) is 0 Å². The molecule has 27 heavy (non-hydrogen) atoms. The first-order valence-electron chi connectivity index (χ1n) is 7.90. The molecule has 0 unspecified atom stereocenters. The summed E-state index contributed by atoms with van der Waals surface area (Å²) in [6.07, 6.45) is 0. The Labute approximate surface area is 157 Å². The summed E-state index contributed by atoms with van der Waals surface area (Å²) < 4.78 is 4.83. The Balaban J connectivity index is 2.05. The number of aryl methyl sites for hydroxylation is 1. The second-order valence-corrected chi connectivity index (χ2v) is 6.49. The molecule has 4 rings (SSSR count). The highest BCUT2D eigenvalue weighted by Crippen LogP contribution is 2.40. The molecule has 3 aromatic rings. The van der Waals surface area contributed by atoms with E-state index >= 15 is 0 Å². The van der Waals surface area contributed by atoms with Gasteiger partial charge in [-0.2, -0.15) is 0 Å². The number of aromatic amines is 1. The number of aromatic nitrogens is 1. The fraction of sp³-hybridized carbons (Fsp3) is 0.0526. The molecule has 2 heterocycles. The van der Waals surface area contributed by atoms with Gasteiger partial charge >= 0.3 is 11.9 Å². The molecule has 7 nitrogen and oxygen atoms in total. The summed E-state index contributed by atoms with van der Waals surface area (Å²) in [6, 6.07) is 10.7. The van der Waals surface area contributed by atoms with Crippen LogP contribution in [0.3, 0.4) is 0 Å². The molecule has 0 atom stereocenters. The molecule has 0 spiro atoms. The number of benzene rings is 2. The number of non-ortho nitro benzene ring substituents is 1. The predicted octanol–water partition coefficient (Wildman–Crippen LogP) is 4.03. The summed E-state index contributed by atoms with van der Waals surface area (Å²) in [6.45, 7) is 1.76. The lowest BCUT2D eigenvalue weighted by Crippen LogP contribution is -2.02. The number of H-pyrrole nitrogens is 1. The Morgan fingerprint density at radius 3 is 2.56 bits per heavy atom. The number of cyclic esters (lactones) is 2. The summed E-state index contributed by atoms with van der Waals surface area (Å²) in [5, 5.41) is 12.2. The quantitative estimate of drug-likeness (QED) is 0.319. The van der Waals surface area contributed by atoms with Gasteiger partial charge in [-0.1, -0.05) is 23.7 Å². The lowest BCUT2D eigenvalue weighted by Gasteiger charge is -2.04. The average molecular weight is 383 g/mol. The molecule has 134 valence electrons. The van der Waals surface area contributed by atoms with Crippen molar-refractivity contribution in [2.45, 2.75) is 6.92 Å². The fourth-order valence-corrected chi connectivity index (χ4v) is 3.45. The van der Waals surface area contributed by atoms with Crippen LogP contribution in [-0.4, -0.2) is 21.8 Å². The number of rotatable bonds is 3. The SMILES string of the molecule is Cc1[nH]c2ccc(Cl)cc2c1C1=C(c2cccc([N+](=O)[O-])c2)C(=O)OC1=O. The standard InChI is InChI=1S/C19H11ClN2O5/c1-9-15(13-8-11(20)5-6-14(13)21-9)17-16(18(23)27-19(17)24)10-3-2-4-12(7-10)22(25)26/h2-8,21H,1H3. The highest BCUT2D eigenvalue weighted by molar-refractivity contribution is 6.46. The van der Waals surface area contributed by atoms with Crippen molar-refractivity contribution in [2.75, 3.05) is 0 Å². The Hall–Kier alpha value is -3.45. The van der Waals surface area contributed by atoms with Gasteiger partial charge in [-0.25, -0.2) is 9.59 Å². The molecular weight excluding hydrogens is 372 g/mol. The first-order chi connectivity index (χ1) is 12.9. The monoisotopic (exact) mass is 382 g/mol. The van der Waals surface area contributed by atoms with Gasteiger partial charge < -0.3 is 9.72 Å². The molecule has 0 amide bonds. The molecule has 8 heteroatoms. The van der Waals surface area contributed by atoms with Crippen LogP contribution in [0.5, 0.6) is 0 Å². The molecule has 0 aliphatic carbocycles. The molecule has 1 N–H and O–H groups in total. The number of hydrogen-bond acceptors (Lipinski definition) is 5. The number of ether oxygens (including phenoxy) is 1. The van der Waals surface area contributed by atoms with E-state index in [1.165, 1.54) is 24.3 Å². The molecule has 1 aliphatic heterocycles. The van der Waals surface area contributed by atoms with Crippen LogP contribution in [-0.2, 0) is 14.3 Å². The average Bonchev–Trinajstić information content (AvgIpc) is 3.09. The minimum atomic E-state index is -0.841. The van der Waals surface area contributed by atoms with E-state index in [0.29, 0.717) is 21.7 Å². The molecule has 2 aromatic carbocycles. The van der Waals surface area contributed by atoms with Gasteiger partial charge in [0.1, 0.15) is 0 Å². The molecule has 1 aliphatic rings. The predicted molar refractivity (Wildman–Crippen MR) is 99.1 cm³/mol. The second-order valence-electron chi connectivity index (χ2n) is 6.05. The number of carbonyl (C=O) groups is 2. The van der Waals surface area contributed by atoms with Crippen molar-refractivity contribution in [3.05, 3.63) is 74.4 Å². The number of fused-ring (bicyclic) bond motifs is 1. The Morgan fingerprint density at radius 1 is 1.07 bits per heavy atom. The van der Waals surface area contributed by atoms with Gasteiger partial charge in [-0.15, -0.1) is 0 Å². The van der Waals surface area contributed by atoms with Crippen LogP contribution in [0.2, 0.25) is 5.02 Å². The lowest BCUT2D eigenvalue weighted by atomic mass is 9.94. The lowest BCUT2D eigenvalue weighted by molar-refractivity contribution is -0.384. The molecule has 0 saturated heterocycles. The molecular formula is C19H11ClN2O5. The van der Waals surface area contributed by atoms with E-state index in [2.05, 4.69) is 4.98 Å². The van der Waals surface area contributed by atoms with Crippen LogP contribution >= 0.6 is 11.6 Å². The maximum atomic E-state index is 12.5. The van der Waals surface area contributed by atoms with Crippen LogP contribution in [0.1, 0.15) is 16.8 Å². The number of carbonyl (C=O) groups excluding carboxylic acids is 2. The third-order valence-electron chi connectivity index (χ3n) is 4.39. The van der Waals surface area contributed by atoms with Crippen molar-refractivity contribution in [3.63, 3.8) is 0 Å². The topological polar surface area (TPSA) is 102 Å². The third-order valence-corrected chi connectivity index (χ3v) is 4.62. The summed E-state index contributed by atoms with van der Waals surface area (Å²) in [4.78, 5) is 38.5. The van der Waals surface area contributed by atoms with E-state index in [9.17, 15) is 19.7 Å². The normalized spacial score (nSPS) is 14.1. The number of nitro benzene ring substituents is 1. The van der Waals surface area contributed by atoms with E-state index in [1.807, 2.05) is 0 Å². The van der Waals surface area contributed by atoms with Crippen molar-refractivity contribution < 1.29 is 19.2 Å². The minimum Gasteiger partial charge on any atom is -0.386 e. The Bertz CT molecular complexity index is 1190. The molecule has 0 saturated carbocycles. The van der Waals surface area contributed by atoms with Gasteiger partial charge in [-0.05, 0) is 30.7 Å². The summed E-state index contributed by atoms with van der Waals surface area (Å²) in [5.41, 5.74) is 1.99. The van der Waals surface area contributed by atoms with E-state index in [4.69, 9.17) is 16.3 Å². The van der Waals surface area contributed by atoms with Crippen molar-refractivity contribution in [1.82, 2.24) is 4.98 Å². The van der Waals surface area contributed by atoms with Crippen molar-refractivity contribution in [1.29, 1.82) is 0 Å². The smallest absolute Gasteiger partial charge is 0.347 e. The largest absolute Gasteiger partial charge is 0.386 e. The van der Waals surface area contributed by atoms with Crippen LogP contribution < -0.4 is 0 Å². The first kappa shape index (κ1) is 17.0. The number of hydrogen-bond donors (Lipinski definition) is 1. The maximum absolute atomic E-state index is 12.5. The zero-order valence-corrected chi connectivity index (χ0v) is 14.7. The van der Waals surface area contributed by atoms with Gasteiger partial charge in [-0.3, -0.25) is 10.1 Å². The van der Waals surface area contributed by atoms with Crippen molar-refractivity contribution in [3.8, 4) is 0 Å². The van der Waals surface area contributed by atoms with Crippen LogP contribution in [0, 0.1) is 17.0 Å². The maximum Gasteiger partial charge on any atom is 0.347 e. The number of esters is 2. The van der Waals surface area contributed by atoms with E-state index in [0.717, 1.165) is 5.52 Å². The zero-order valence-electron chi connectivity index (χ0n) is 13.9. The number of halogens is 1. The molecule has 0 radical (unpaired) electrons. The van der Waals surface area contributed by atoms with Gasteiger partial charge in [0.05, 0.1) is 16.1 Å². The zero-order chi connectivity index (χ0) is 19.3. The van der Waals surface area contributed by atoms with Crippen LogP contribution in [0.25, 0.3) is 22.0 Å². The summed E-state index contributed by atoms with van der Waals surface area (Å²) >= 11 is 6.09. The van der Waals surface area contributed by atoms with Gasteiger partial charge in [0.25, 0.3) is 5.69 Å². The highest BCUT2D eigenvalue weighted by atomic mass is 35.5. The van der Waals surface area contributed by atoms with E-state index < -0.39 is 16.9 Å². The van der Waals surface area contributed by atoms with Gasteiger partial charge in [0, 0.05) is 39.3 Å². The summed E-state index contributed by atoms with van der Waals surface area (Å²) in [5.74, 6) is -1.64. The summed E-state index contributed by atoms with van der Waals surface area (Å²) in [7, 11) is 0. The highest BCUT2D eigenvalue weighted by Gasteiger charge is 2.37. The molecule has 1 aromatic heterocycles. The third kappa shape index (κ3) is 2.69. The minimum absolute atomic E-state index is 0.00678. The van der Waals surface area contributed by atoms with E-state index in [1.54, 1.807) is 25.1 Å². The van der Waals surface area contributed by atoms with Crippen molar-refractivity contribution >= 4 is 51.3 Å². The fourth-order valence-electron chi connectivity index (χ4n) is 3.28. The number of nitrogens with zero attached hydrogens (tertiary/aromatic N) is 1. The van der Waals surface area contributed by atoms with Crippen LogP contribution in [0.15, 0.2) is 42.5 Å². The van der Waals surface area contributed by atoms with E-state index in [-0.39, 0.29) is 22.4 Å². The van der Waals surface area contributed by atoms with Gasteiger partial charge in [0.2, 0.25) is 0 Å². The Morgan fingerprint density at radius 2 is 1.81 bits per heavy atom. The molecule has 0 fully saturated rings.